The maximum absolute atomic E-state index is 11.8. The highest BCUT2D eigenvalue weighted by Crippen LogP contribution is 2.08. The highest BCUT2D eigenvalue weighted by atomic mass is 16.1. The monoisotopic (exact) mass is 244 g/mol. The van der Waals surface area contributed by atoms with Crippen LogP contribution in [0.5, 0.6) is 0 Å². The molecule has 2 N–H and O–H groups in total. The number of nitrogens with one attached hydrogen (secondary N) is 2. The van der Waals surface area contributed by atoms with Crippen LogP contribution in [0, 0.1) is 11.8 Å². The summed E-state index contributed by atoms with van der Waals surface area (Å²) >= 11 is 0. The third kappa shape index (κ3) is 4.92. The first kappa shape index (κ1) is 14.1. The zero-order valence-corrected chi connectivity index (χ0v) is 11.0. The molecule has 0 atom stereocenters. The van der Waals surface area contributed by atoms with Crippen LogP contribution in [0.15, 0.2) is 24.3 Å². The highest BCUT2D eigenvalue weighted by molar-refractivity contribution is 5.94. The van der Waals surface area contributed by atoms with Crippen molar-refractivity contribution in [1.82, 2.24) is 5.32 Å². The van der Waals surface area contributed by atoms with Gasteiger partial charge in [-0.25, -0.2) is 0 Å². The van der Waals surface area contributed by atoms with E-state index >= 15 is 0 Å². The van der Waals surface area contributed by atoms with Gasteiger partial charge in [-0.15, -0.1) is 11.8 Å². The average molecular weight is 244 g/mol. The van der Waals surface area contributed by atoms with Gasteiger partial charge in [-0.05, 0) is 44.5 Å². The number of anilines is 1. The predicted molar refractivity (Wildman–Crippen MR) is 75.6 cm³/mol. The fourth-order valence-corrected chi connectivity index (χ4v) is 1.55. The van der Waals surface area contributed by atoms with Gasteiger partial charge in [0, 0.05) is 30.8 Å². The summed E-state index contributed by atoms with van der Waals surface area (Å²) in [6.45, 7) is 5.41. The summed E-state index contributed by atoms with van der Waals surface area (Å²) in [6, 6.07) is 7.50. The second-order valence-corrected chi connectivity index (χ2v) is 3.89. The van der Waals surface area contributed by atoms with Crippen LogP contribution >= 0.6 is 0 Å². The lowest BCUT2D eigenvalue weighted by atomic mass is 10.2. The second kappa shape index (κ2) is 8.19. The summed E-state index contributed by atoms with van der Waals surface area (Å²) in [5.41, 5.74) is 1.73. The molecule has 96 valence electrons. The Morgan fingerprint density at radius 3 is 2.61 bits per heavy atom. The van der Waals surface area contributed by atoms with Crippen molar-refractivity contribution in [3.63, 3.8) is 0 Å². The Morgan fingerprint density at radius 1 is 1.28 bits per heavy atom. The lowest BCUT2D eigenvalue weighted by Crippen LogP contribution is -2.24. The van der Waals surface area contributed by atoms with Crippen molar-refractivity contribution in [2.24, 2.45) is 0 Å². The molecular weight excluding hydrogens is 224 g/mol. The SMILES string of the molecule is CC#CCCCNC(=O)c1ccc(NCC)cc1. The van der Waals surface area contributed by atoms with Gasteiger partial charge >= 0.3 is 0 Å². The molecule has 18 heavy (non-hydrogen) atoms. The van der Waals surface area contributed by atoms with Gasteiger partial charge in [0.25, 0.3) is 5.91 Å². The van der Waals surface area contributed by atoms with E-state index < -0.39 is 0 Å². The Kier molecular flexibility index (Phi) is 6.42. The number of amides is 1. The summed E-state index contributed by atoms with van der Waals surface area (Å²) in [4.78, 5) is 11.8. The Morgan fingerprint density at radius 2 is 2.00 bits per heavy atom. The van der Waals surface area contributed by atoms with Gasteiger partial charge in [0.1, 0.15) is 0 Å². The van der Waals surface area contributed by atoms with Crippen molar-refractivity contribution in [2.75, 3.05) is 18.4 Å². The van der Waals surface area contributed by atoms with E-state index in [4.69, 9.17) is 0 Å². The minimum Gasteiger partial charge on any atom is -0.385 e. The Balaban J connectivity index is 2.38. The molecule has 1 amide bonds. The molecule has 0 aliphatic heterocycles. The molecule has 0 aliphatic rings. The third-order valence-electron chi connectivity index (χ3n) is 2.47. The molecule has 0 aliphatic carbocycles. The zero-order valence-electron chi connectivity index (χ0n) is 11.0. The number of carbonyl (C=O) groups excluding carboxylic acids is 1. The zero-order chi connectivity index (χ0) is 13.2. The summed E-state index contributed by atoms with van der Waals surface area (Å²) < 4.78 is 0. The lowest BCUT2D eigenvalue weighted by molar-refractivity contribution is 0.0953. The van der Waals surface area contributed by atoms with Crippen LogP contribution in [0.25, 0.3) is 0 Å². The molecule has 3 nitrogen and oxygen atoms in total. The molecule has 1 aromatic carbocycles. The van der Waals surface area contributed by atoms with E-state index in [1.165, 1.54) is 0 Å². The fraction of sp³-hybridized carbons (Fsp3) is 0.400. The fourth-order valence-electron chi connectivity index (χ4n) is 1.55. The van der Waals surface area contributed by atoms with Gasteiger partial charge in [0.2, 0.25) is 0 Å². The van der Waals surface area contributed by atoms with Crippen molar-refractivity contribution in [3.8, 4) is 11.8 Å². The van der Waals surface area contributed by atoms with Crippen LogP contribution in [0.4, 0.5) is 5.69 Å². The van der Waals surface area contributed by atoms with E-state index in [0.717, 1.165) is 25.1 Å². The minimum atomic E-state index is -0.0255. The van der Waals surface area contributed by atoms with Gasteiger partial charge in [0.05, 0.1) is 0 Å². The lowest BCUT2D eigenvalue weighted by Gasteiger charge is -2.06. The number of rotatable bonds is 6. The summed E-state index contributed by atoms with van der Waals surface area (Å²) in [5.74, 6) is 5.78. The first-order chi connectivity index (χ1) is 8.77. The normalized spacial score (nSPS) is 9.22. The molecule has 0 radical (unpaired) electrons. The van der Waals surface area contributed by atoms with Crippen molar-refractivity contribution >= 4 is 11.6 Å². The van der Waals surface area contributed by atoms with Crippen LogP contribution in [-0.2, 0) is 0 Å². The molecule has 0 fully saturated rings. The summed E-state index contributed by atoms with van der Waals surface area (Å²) in [6.07, 6.45) is 1.72. The van der Waals surface area contributed by atoms with Gasteiger partial charge in [-0.2, -0.15) is 0 Å². The molecule has 0 bridgehead atoms. The molecule has 3 heteroatoms. The van der Waals surface area contributed by atoms with Crippen molar-refractivity contribution in [1.29, 1.82) is 0 Å². The quantitative estimate of drug-likeness (QED) is 0.596. The topological polar surface area (TPSA) is 41.1 Å². The summed E-state index contributed by atoms with van der Waals surface area (Å²) in [7, 11) is 0. The maximum atomic E-state index is 11.8. The number of unbranched alkanes of at least 4 members (excludes halogenated alkanes) is 1. The largest absolute Gasteiger partial charge is 0.385 e. The maximum Gasteiger partial charge on any atom is 0.251 e. The van der Waals surface area contributed by atoms with Crippen molar-refractivity contribution in [3.05, 3.63) is 29.8 Å². The van der Waals surface area contributed by atoms with Crippen LogP contribution in [0.2, 0.25) is 0 Å². The van der Waals surface area contributed by atoms with E-state index in [-0.39, 0.29) is 5.91 Å². The predicted octanol–water partition coefficient (Wildman–Crippen LogP) is 2.65. The molecule has 1 rings (SSSR count). The number of hydrogen-bond donors (Lipinski definition) is 2. The van der Waals surface area contributed by atoms with Crippen molar-refractivity contribution < 1.29 is 4.79 Å². The van der Waals surface area contributed by atoms with Crippen LogP contribution in [0.3, 0.4) is 0 Å². The molecule has 0 saturated heterocycles. The molecule has 0 spiro atoms. The van der Waals surface area contributed by atoms with Gasteiger partial charge in [-0.3, -0.25) is 4.79 Å². The Bertz CT molecular complexity index is 426. The number of hydrogen-bond acceptors (Lipinski definition) is 2. The van der Waals surface area contributed by atoms with Crippen molar-refractivity contribution in [2.45, 2.75) is 26.7 Å². The molecule has 0 unspecified atom stereocenters. The first-order valence-electron chi connectivity index (χ1n) is 6.29. The third-order valence-corrected chi connectivity index (χ3v) is 2.47. The van der Waals surface area contributed by atoms with E-state index in [1.807, 2.05) is 38.1 Å². The van der Waals surface area contributed by atoms with Crippen LogP contribution in [0.1, 0.15) is 37.0 Å². The van der Waals surface area contributed by atoms with Crippen LogP contribution < -0.4 is 10.6 Å². The van der Waals surface area contributed by atoms with Gasteiger partial charge in [-0.1, -0.05) is 0 Å². The molecular formula is C15H20N2O. The number of benzene rings is 1. The van der Waals surface area contributed by atoms with E-state index in [1.54, 1.807) is 0 Å². The highest BCUT2D eigenvalue weighted by Gasteiger charge is 2.03. The van der Waals surface area contributed by atoms with Crippen LogP contribution in [-0.4, -0.2) is 19.0 Å². The summed E-state index contributed by atoms with van der Waals surface area (Å²) in [5, 5.41) is 6.08. The standard InChI is InChI=1S/C15H20N2O/c1-3-5-6-7-12-17-15(18)13-8-10-14(11-9-13)16-4-2/h8-11,16H,4,6-7,12H2,1-2H3,(H,17,18). The Labute approximate surface area is 109 Å². The average Bonchev–Trinajstić information content (AvgIpc) is 2.39. The van der Waals surface area contributed by atoms with E-state index in [0.29, 0.717) is 12.1 Å². The molecule has 1 aromatic rings. The molecule has 0 heterocycles. The van der Waals surface area contributed by atoms with E-state index in [2.05, 4.69) is 22.5 Å². The minimum absolute atomic E-state index is 0.0255. The van der Waals surface area contributed by atoms with Gasteiger partial charge < -0.3 is 10.6 Å². The Hall–Kier alpha value is -1.95. The van der Waals surface area contributed by atoms with Gasteiger partial charge in [0.15, 0.2) is 0 Å². The molecule has 0 saturated carbocycles. The second-order valence-electron chi connectivity index (χ2n) is 3.89. The molecule has 0 aromatic heterocycles. The number of carbonyl (C=O) groups is 1. The smallest absolute Gasteiger partial charge is 0.251 e. The first-order valence-corrected chi connectivity index (χ1v) is 6.29. The van der Waals surface area contributed by atoms with E-state index in [9.17, 15) is 4.79 Å².